The molecule has 2 saturated carbocycles. The predicted octanol–water partition coefficient (Wildman–Crippen LogP) is 4.64. The number of carboxylic acid groups (broad SMARTS) is 1. The number of benzene rings is 1. The van der Waals surface area contributed by atoms with Gasteiger partial charge in [-0.1, -0.05) is 58.7 Å². The monoisotopic (exact) mass is 442 g/mol. The first-order chi connectivity index (χ1) is 15.1. The number of amides is 2. The zero-order valence-corrected chi connectivity index (χ0v) is 19.9. The van der Waals surface area contributed by atoms with Crippen molar-refractivity contribution in [2.24, 2.45) is 28.6 Å². The lowest BCUT2D eigenvalue weighted by molar-refractivity contribution is -0.149. The number of rotatable bonds is 7. The molecule has 176 valence electrons. The third kappa shape index (κ3) is 4.69. The second-order valence-corrected chi connectivity index (χ2v) is 10.6. The van der Waals surface area contributed by atoms with E-state index in [0.29, 0.717) is 31.7 Å². The van der Waals surface area contributed by atoms with E-state index in [4.69, 9.17) is 0 Å². The molecule has 2 amide bonds. The van der Waals surface area contributed by atoms with E-state index in [9.17, 15) is 19.5 Å². The third-order valence-corrected chi connectivity index (χ3v) is 7.94. The Kier molecular flexibility index (Phi) is 7.31. The number of para-hydroxylation sites is 1. The molecule has 0 heterocycles. The number of aliphatic carboxylic acids is 1. The first kappa shape index (κ1) is 24.3. The number of hydrogen-bond donors (Lipinski definition) is 3. The summed E-state index contributed by atoms with van der Waals surface area (Å²) in [5.74, 6) is -1.68. The molecule has 0 saturated heterocycles. The number of carbonyl (C=O) groups is 3. The fraction of sp³-hybridized carbons (Fsp3) is 0.654. The fourth-order valence-corrected chi connectivity index (χ4v) is 5.80. The van der Waals surface area contributed by atoms with Crippen LogP contribution in [0.5, 0.6) is 0 Å². The zero-order valence-electron chi connectivity index (χ0n) is 19.9. The standard InChI is InChI=1S/C26H38N2O4/c1-17-13-15-26(17,25(2,3)4)24(32)28-21-12-8-5-9-18(21)14-16-27-22(29)19-10-6-7-11-20(19)23(30)31/h5,8-9,12,17,19-20H,6-7,10-11,13-16H2,1-4H3,(H,27,29)(H,28,32)(H,30,31). The van der Waals surface area contributed by atoms with Gasteiger partial charge in [-0.15, -0.1) is 0 Å². The summed E-state index contributed by atoms with van der Waals surface area (Å²) in [6.45, 7) is 8.98. The van der Waals surface area contributed by atoms with Crippen molar-refractivity contribution in [2.75, 3.05) is 11.9 Å². The molecule has 4 atom stereocenters. The minimum absolute atomic E-state index is 0.0757. The molecular formula is C26H38N2O4. The van der Waals surface area contributed by atoms with Crippen LogP contribution >= 0.6 is 0 Å². The van der Waals surface area contributed by atoms with Crippen molar-refractivity contribution >= 4 is 23.5 Å². The maximum atomic E-state index is 13.4. The minimum atomic E-state index is -0.879. The third-order valence-electron chi connectivity index (χ3n) is 7.94. The van der Waals surface area contributed by atoms with Crippen molar-refractivity contribution in [3.63, 3.8) is 0 Å². The summed E-state index contributed by atoms with van der Waals surface area (Å²) in [4.78, 5) is 37.5. The molecule has 3 N–H and O–H groups in total. The first-order valence-electron chi connectivity index (χ1n) is 12.0. The van der Waals surface area contributed by atoms with Gasteiger partial charge in [0, 0.05) is 12.2 Å². The van der Waals surface area contributed by atoms with Crippen LogP contribution in [0.3, 0.4) is 0 Å². The highest BCUT2D eigenvalue weighted by molar-refractivity contribution is 5.97. The first-order valence-corrected chi connectivity index (χ1v) is 12.0. The van der Waals surface area contributed by atoms with Crippen LogP contribution in [0.1, 0.15) is 71.8 Å². The van der Waals surface area contributed by atoms with Crippen LogP contribution in [0.25, 0.3) is 0 Å². The Bertz CT molecular complexity index is 860. The summed E-state index contributed by atoms with van der Waals surface area (Å²) in [7, 11) is 0. The molecule has 0 aromatic heterocycles. The second kappa shape index (κ2) is 9.63. The van der Waals surface area contributed by atoms with Crippen LogP contribution in [0, 0.1) is 28.6 Å². The maximum Gasteiger partial charge on any atom is 0.307 e. The number of nitrogens with one attached hydrogen (secondary N) is 2. The Morgan fingerprint density at radius 1 is 1.06 bits per heavy atom. The largest absolute Gasteiger partial charge is 0.481 e. The molecule has 6 nitrogen and oxygen atoms in total. The molecule has 4 unspecified atom stereocenters. The van der Waals surface area contributed by atoms with Gasteiger partial charge in [-0.2, -0.15) is 0 Å². The van der Waals surface area contributed by atoms with E-state index < -0.39 is 17.8 Å². The quantitative estimate of drug-likeness (QED) is 0.573. The lowest BCUT2D eigenvalue weighted by Crippen LogP contribution is -2.56. The van der Waals surface area contributed by atoms with E-state index in [1.54, 1.807) is 0 Å². The van der Waals surface area contributed by atoms with Gasteiger partial charge in [-0.3, -0.25) is 14.4 Å². The van der Waals surface area contributed by atoms with Gasteiger partial charge in [0.25, 0.3) is 0 Å². The van der Waals surface area contributed by atoms with Crippen LogP contribution in [-0.4, -0.2) is 29.4 Å². The van der Waals surface area contributed by atoms with Crippen LogP contribution < -0.4 is 10.6 Å². The summed E-state index contributed by atoms with van der Waals surface area (Å²) in [6.07, 6.45) is 5.49. The molecule has 0 bridgehead atoms. The van der Waals surface area contributed by atoms with Gasteiger partial charge < -0.3 is 15.7 Å². The van der Waals surface area contributed by atoms with E-state index in [1.807, 2.05) is 24.3 Å². The van der Waals surface area contributed by atoms with Crippen LogP contribution in [-0.2, 0) is 20.8 Å². The second-order valence-electron chi connectivity index (χ2n) is 10.6. The van der Waals surface area contributed by atoms with Gasteiger partial charge >= 0.3 is 5.97 Å². The number of carboxylic acids is 1. The zero-order chi connectivity index (χ0) is 23.5. The van der Waals surface area contributed by atoms with Gasteiger partial charge in [0.2, 0.25) is 11.8 Å². The highest BCUT2D eigenvalue weighted by atomic mass is 16.4. The van der Waals surface area contributed by atoms with Gasteiger partial charge in [0.15, 0.2) is 0 Å². The van der Waals surface area contributed by atoms with Crippen molar-refractivity contribution in [3.8, 4) is 0 Å². The lowest BCUT2D eigenvalue weighted by Gasteiger charge is -2.55. The smallest absolute Gasteiger partial charge is 0.307 e. The molecule has 3 rings (SSSR count). The Labute approximate surface area is 191 Å². The molecule has 1 aromatic rings. The van der Waals surface area contributed by atoms with Crippen molar-refractivity contribution in [3.05, 3.63) is 29.8 Å². The molecule has 2 fully saturated rings. The molecule has 2 aliphatic rings. The molecule has 32 heavy (non-hydrogen) atoms. The van der Waals surface area contributed by atoms with Gasteiger partial charge in [0.05, 0.1) is 17.3 Å². The maximum absolute atomic E-state index is 13.4. The van der Waals surface area contributed by atoms with Gasteiger partial charge in [-0.25, -0.2) is 0 Å². The Balaban J connectivity index is 1.63. The van der Waals surface area contributed by atoms with E-state index in [0.717, 1.165) is 36.9 Å². The van der Waals surface area contributed by atoms with Gasteiger partial charge in [-0.05, 0) is 55.1 Å². The molecule has 2 aliphatic carbocycles. The van der Waals surface area contributed by atoms with Crippen molar-refractivity contribution < 1.29 is 19.5 Å². The SMILES string of the molecule is CC1CCC1(C(=O)Nc1ccccc1CCNC(=O)C1CCCCC1C(=O)O)C(C)(C)C. The van der Waals surface area contributed by atoms with Crippen LogP contribution in [0.15, 0.2) is 24.3 Å². The van der Waals surface area contributed by atoms with Crippen LogP contribution in [0.4, 0.5) is 5.69 Å². The fourth-order valence-electron chi connectivity index (χ4n) is 5.80. The van der Waals surface area contributed by atoms with Crippen molar-refractivity contribution in [2.45, 2.75) is 72.6 Å². The summed E-state index contributed by atoms with van der Waals surface area (Å²) in [6, 6.07) is 7.72. The van der Waals surface area contributed by atoms with Crippen molar-refractivity contribution in [1.82, 2.24) is 5.32 Å². The summed E-state index contributed by atoms with van der Waals surface area (Å²) >= 11 is 0. The van der Waals surface area contributed by atoms with E-state index in [-0.39, 0.29) is 22.6 Å². The summed E-state index contributed by atoms with van der Waals surface area (Å²) in [5.41, 5.74) is 1.26. The van der Waals surface area contributed by atoms with Gasteiger partial charge in [0.1, 0.15) is 0 Å². The van der Waals surface area contributed by atoms with Crippen LogP contribution in [0.2, 0.25) is 0 Å². The Morgan fingerprint density at radius 3 is 2.28 bits per heavy atom. The molecule has 0 aliphatic heterocycles. The average molecular weight is 443 g/mol. The Morgan fingerprint density at radius 2 is 1.72 bits per heavy atom. The Hall–Kier alpha value is -2.37. The summed E-state index contributed by atoms with van der Waals surface area (Å²) in [5, 5.41) is 15.5. The molecule has 0 radical (unpaired) electrons. The van der Waals surface area contributed by atoms with E-state index in [2.05, 4.69) is 38.3 Å². The lowest BCUT2D eigenvalue weighted by atomic mass is 9.49. The van der Waals surface area contributed by atoms with E-state index in [1.165, 1.54) is 0 Å². The molecule has 1 aromatic carbocycles. The highest BCUT2D eigenvalue weighted by Crippen LogP contribution is 2.58. The minimum Gasteiger partial charge on any atom is -0.481 e. The predicted molar refractivity (Wildman–Crippen MR) is 125 cm³/mol. The topological polar surface area (TPSA) is 95.5 Å². The molecular weight excluding hydrogens is 404 g/mol. The molecule has 6 heteroatoms. The van der Waals surface area contributed by atoms with E-state index >= 15 is 0 Å². The highest BCUT2D eigenvalue weighted by Gasteiger charge is 2.57. The average Bonchev–Trinajstić information content (AvgIpc) is 2.72. The summed E-state index contributed by atoms with van der Waals surface area (Å²) < 4.78 is 0. The van der Waals surface area contributed by atoms with Crippen molar-refractivity contribution in [1.29, 1.82) is 0 Å². The number of carbonyl (C=O) groups excluding carboxylic acids is 2. The normalized spacial score (nSPS) is 27.8. The molecule has 0 spiro atoms. The number of hydrogen-bond acceptors (Lipinski definition) is 3. The number of anilines is 1.